The Hall–Kier alpha value is -10.2. The van der Waals surface area contributed by atoms with Crippen LogP contribution in [0.2, 0.25) is 40.2 Å². The molecule has 5 fully saturated rings. The molecule has 39 heteroatoms. The molecule has 2 saturated carbocycles. The Balaban J connectivity index is 0.000000128. The quantitative estimate of drug-likeness (QED) is 0.0589. The predicted molar refractivity (Wildman–Crippen MR) is 446 cm³/mol. The number of benzene rings is 4. The third-order valence-electron chi connectivity index (χ3n) is 20.7. The molecular weight excluding hydrogens is 1650 g/mol. The van der Waals surface area contributed by atoms with Gasteiger partial charge in [0.2, 0.25) is 25.6 Å². The highest BCUT2D eigenvalue weighted by molar-refractivity contribution is 6.45. The van der Waals surface area contributed by atoms with Crippen molar-refractivity contribution in [2.24, 2.45) is 40.2 Å². The topological polar surface area (TPSA) is 483 Å². The van der Waals surface area contributed by atoms with Gasteiger partial charge in [0.05, 0.1) is 52.9 Å². The average Bonchev–Trinajstić information content (AvgIpc) is 1.76. The lowest BCUT2D eigenvalue weighted by atomic mass is 9.73. The Morgan fingerprint density at radius 1 is 0.440 bits per heavy atom. The van der Waals surface area contributed by atoms with Gasteiger partial charge in [-0.25, -0.2) is 39.9 Å². The molecule has 17 rings (SSSR count). The van der Waals surface area contributed by atoms with Crippen LogP contribution in [-0.4, -0.2) is 143 Å². The van der Waals surface area contributed by atoms with Crippen LogP contribution in [0.3, 0.4) is 0 Å². The number of nitrogens with two attached hydrogens (primary N) is 8. The second-order valence-electron chi connectivity index (χ2n) is 28.5. The van der Waals surface area contributed by atoms with Crippen LogP contribution < -0.4 is 55.7 Å². The number of hydrogen-bond donors (Lipinski definition) is 8. The normalized spacial score (nSPS) is 19.2. The molecule has 11 heterocycles. The molecule has 0 radical (unpaired) electrons. The Kier molecular flexibility index (Phi) is 25.4. The summed E-state index contributed by atoms with van der Waals surface area (Å²) in [6.45, 7) is 7.67. The molecule has 4 aromatic carbocycles. The summed E-state index contributed by atoms with van der Waals surface area (Å²) in [5, 5.41) is 33.9. The van der Waals surface area contributed by atoms with Gasteiger partial charge in [-0.3, -0.25) is 0 Å². The number of piperidine rings is 2. The van der Waals surface area contributed by atoms with Crippen molar-refractivity contribution in [1.82, 2.24) is 80.7 Å². The molecule has 8 aromatic heterocycles. The standard InChI is InChI=1S/C21H23Cl2N7O2.2C19H16Cl2N6O.C18H19Cl2N7O/c1-11-17(24)21(9-31-11)5-7-30(8-6-21)19-16(20-29-26-10-32-20)27-15(18(25)28-19)12-3-2-4-13(22)14(12)23;20-12-5-2-4-11(15(12)21)16-18(23)25-14(8-7-10-3-1-6-13(10)22)17(26-16)19-27-24-9-28-19;20-13-3-1-2-12(15(13)21)16-18(23)25-14(7-5-10-4-6-11(22)8-10)17(26-16)19-27-24-9-28-19;1-18(22)5-7-27(8-6-18)16-14(17-26-23-9-28-17)24-13(15(21)25-16)10-3-2-4-11(19)12(10)20/h2-4,10-11,17H,5-9,24H2,1H3,(H2,25,28);2,4-5,9-10,13H,1,3,6,22H2,(H2,23,25);1-3,9-11H,4,6,8,22H2,(H2,23,25);2-4,9H,5-8,22H2,1H3,(H2,21,25)/t11-,17+;10?,13-;10?,11-;/m011./s1. The number of nitrogen functional groups attached to an aromatic ring is 4. The number of ether oxygens (including phenoxy) is 1. The molecule has 0 amide bonds. The zero-order valence-corrected chi connectivity index (χ0v) is 68.1. The van der Waals surface area contributed by atoms with Crippen molar-refractivity contribution in [3.05, 3.63) is 150 Å². The summed E-state index contributed by atoms with van der Waals surface area (Å²) in [7, 11) is 0. The number of hydrogen-bond acceptors (Lipinski definition) is 31. The van der Waals surface area contributed by atoms with E-state index in [2.05, 4.69) is 99.2 Å². The Bertz CT molecular complexity index is 5660. The van der Waals surface area contributed by atoms with Crippen molar-refractivity contribution in [1.29, 1.82) is 0 Å². The van der Waals surface area contributed by atoms with Crippen LogP contribution in [0.1, 0.15) is 89.4 Å². The van der Waals surface area contributed by atoms with Crippen molar-refractivity contribution in [3.63, 3.8) is 0 Å². The van der Waals surface area contributed by atoms with Crippen molar-refractivity contribution in [2.45, 2.75) is 108 Å². The van der Waals surface area contributed by atoms with Gasteiger partial charge in [-0.1, -0.05) is 160 Å². The molecule has 1 spiro atoms. The minimum Gasteiger partial charge on any atom is -0.422 e. The van der Waals surface area contributed by atoms with Crippen molar-refractivity contribution >= 4 is 128 Å². The van der Waals surface area contributed by atoms with E-state index in [0.29, 0.717) is 138 Å². The van der Waals surface area contributed by atoms with Crippen LogP contribution >= 0.6 is 92.8 Å². The highest BCUT2D eigenvalue weighted by Crippen LogP contribution is 2.46. The van der Waals surface area contributed by atoms with Gasteiger partial charge in [0.25, 0.3) is 23.6 Å². The monoisotopic (exact) mass is 1720 g/mol. The van der Waals surface area contributed by atoms with E-state index in [1.807, 2.05) is 13.8 Å². The van der Waals surface area contributed by atoms with E-state index >= 15 is 0 Å². The Morgan fingerprint density at radius 3 is 1.16 bits per heavy atom. The van der Waals surface area contributed by atoms with E-state index in [4.69, 9.17) is 176 Å². The smallest absolute Gasteiger partial charge is 0.269 e. The van der Waals surface area contributed by atoms with Gasteiger partial charge in [0, 0.05) is 89.3 Å². The number of aromatic nitrogens is 16. The van der Waals surface area contributed by atoms with E-state index in [-0.39, 0.29) is 93.9 Å². The highest BCUT2D eigenvalue weighted by Gasteiger charge is 2.48. The zero-order valence-electron chi connectivity index (χ0n) is 62.0. The number of anilines is 6. The maximum Gasteiger partial charge on any atom is 0.269 e. The molecule has 2 aliphatic carbocycles. The number of halogens is 8. The SMILES string of the molecule is CC1(N)CCN(c2nc(N)c(-c3cccc(Cl)c3Cl)nc2-c2nnco2)CC1.C[C@@H]1OCC2(CCN(c3nc(N)c(-c4cccc(Cl)c4Cl)nc3-c3nnco3)CC2)[C@@H]1N.Nc1nc(C#CC2CCC[C@H]2N)c(-c2nnco2)nc1-c1cccc(Cl)c1Cl.Nc1nc(C#CC2CC[C@@H](N)C2)c(-c2nnco2)nc1-c1cccc(Cl)c1Cl. The predicted octanol–water partition coefficient (Wildman–Crippen LogP) is 13.9. The zero-order chi connectivity index (χ0) is 81.7. The van der Waals surface area contributed by atoms with Crippen LogP contribution in [0.15, 0.2) is 116 Å². The summed E-state index contributed by atoms with van der Waals surface area (Å²) in [4.78, 5) is 41.0. The van der Waals surface area contributed by atoms with Crippen LogP contribution in [0.4, 0.5) is 34.9 Å². The van der Waals surface area contributed by atoms with E-state index in [9.17, 15) is 0 Å². The molecule has 0 bridgehead atoms. The van der Waals surface area contributed by atoms with Crippen LogP contribution in [-0.2, 0) is 4.74 Å². The van der Waals surface area contributed by atoms with Crippen molar-refractivity contribution in [3.8, 4) is 115 Å². The lowest BCUT2D eigenvalue weighted by molar-refractivity contribution is 0.0974. The maximum atomic E-state index is 6.47. The van der Waals surface area contributed by atoms with Gasteiger partial charge >= 0.3 is 0 Å². The summed E-state index contributed by atoms with van der Waals surface area (Å²) in [6, 6.07) is 21.2. The molecular formula is C77H74Cl8N26O5. The second kappa shape index (κ2) is 35.7. The summed E-state index contributed by atoms with van der Waals surface area (Å²) in [5.41, 5.74) is 55.6. The molecule has 16 N–H and O–H groups in total. The van der Waals surface area contributed by atoms with Crippen molar-refractivity contribution in [2.75, 3.05) is 65.5 Å². The molecule has 3 aliphatic heterocycles. The molecule has 3 saturated heterocycles. The summed E-state index contributed by atoms with van der Waals surface area (Å²) in [6.07, 6.45) is 14.2. The molecule has 2 unspecified atom stereocenters. The van der Waals surface area contributed by atoms with Gasteiger partial charge in [-0.05, 0) is 108 Å². The van der Waals surface area contributed by atoms with Gasteiger partial charge in [0.15, 0.2) is 57.7 Å². The molecule has 598 valence electrons. The molecule has 116 heavy (non-hydrogen) atoms. The molecule has 6 atom stereocenters. The first kappa shape index (κ1) is 82.3. The number of nitrogens with zero attached hydrogens (tertiary/aromatic N) is 18. The summed E-state index contributed by atoms with van der Waals surface area (Å²) >= 11 is 50.1. The molecule has 5 aliphatic rings. The first-order chi connectivity index (χ1) is 55.8. The molecule has 12 aromatic rings. The lowest BCUT2D eigenvalue weighted by Gasteiger charge is -2.41. The van der Waals surface area contributed by atoms with E-state index < -0.39 is 0 Å². The fourth-order valence-corrected chi connectivity index (χ4v) is 15.7. The minimum absolute atomic E-state index is 0.0172. The first-order valence-electron chi connectivity index (χ1n) is 36.6. The lowest BCUT2D eigenvalue weighted by Crippen LogP contribution is -2.50. The largest absolute Gasteiger partial charge is 0.422 e. The maximum absolute atomic E-state index is 6.47. The second-order valence-corrected chi connectivity index (χ2v) is 31.6. The Labute approximate surface area is 704 Å². The van der Waals surface area contributed by atoms with Gasteiger partial charge < -0.3 is 78.1 Å². The van der Waals surface area contributed by atoms with Gasteiger partial charge in [-0.2, -0.15) is 0 Å². The third kappa shape index (κ3) is 18.0. The van der Waals surface area contributed by atoms with Gasteiger partial charge in [0.1, 0.15) is 34.2 Å². The van der Waals surface area contributed by atoms with Crippen LogP contribution in [0.5, 0.6) is 0 Å². The van der Waals surface area contributed by atoms with Crippen molar-refractivity contribution < 1.29 is 22.4 Å². The third-order valence-corrected chi connectivity index (χ3v) is 23.9. The van der Waals surface area contributed by atoms with E-state index in [0.717, 1.165) is 90.4 Å². The van der Waals surface area contributed by atoms with Crippen LogP contribution in [0, 0.1) is 40.9 Å². The summed E-state index contributed by atoms with van der Waals surface area (Å²) in [5.74, 6) is 15.7. The average molecular weight is 1730 g/mol. The van der Waals surface area contributed by atoms with E-state index in [1.54, 1.807) is 72.8 Å². The fraction of sp³-hybridized carbons (Fsp3) is 0.325. The number of rotatable bonds is 10. The molecule has 31 nitrogen and oxygen atoms in total. The van der Waals surface area contributed by atoms with Crippen LogP contribution in [0.25, 0.3) is 91.4 Å². The van der Waals surface area contributed by atoms with Gasteiger partial charge in [-0.15, -0.1) is 40.8 Å². The summed E-state index contributed by atoms with van der Waals surface area (Å²) < 4.78 is 27.4. The highest BCUT2D eigenvalue weighted by atomic mass is 35.5. The fourth-order valence-electron chi connectivity index (χ4n) is 14.1. The first-order valence-corrected chi connectivity index (χ1v) is 39.6. The Morgan fingerprint density at radius 2 is 0.810 bits per heavy atom. The minimum atomic E-state index is -0.200. The van der Waals surface area contributed by atoms with E-state index in [1.165, 1.54) is 25.6 Å².